The van der Waals surface area contributed by atoms with Crippen LogP contribution < -0.4 is 30.8 Å². The maximum Gasteiger partial charge on any atom is 0.261 e. The van der Waals surface area contributed by atoms with E-state index in [2.05, 4.69) is 196 Å². The van der Waals surface area contributed by atoms with E-state index in [1.807, 2.05) is 0 Å². The van der Waals surface area contributed by atoms with Crippen LogP contribution in [0, 0.1) is 0 Å². The van der Waals surface area contributed by atoms with E-state index in [4.69, 9.17) is 9.47 Å². The van der Waals surface area contributed by atoms with Crippen LogP contribution in [0.25, 0.3) is 11.1 Å². The lowest BCUT2D eigenvalue weighted by molar-refractivity contribution is 0.463. The predicted octanol–water partition coefficient (Wildman–Crippen LogP) is 12.1. The van der Waals surface area contributed by atoms with Crippen molar-refractivity contribution in [1.82, 2.24) is 0 Å². The highest BCUT2D eigenvalue weighted by atomic mass is 16.5. The molecule has 0 saturated heterocycles. The zero-order valence-electron chi connectivity index (χ0n) is 34.3. The summed E-state index contributed by atoms with van der Waals surface area (Å²) in [5.41, 5.74) is 15.8. The smallest absolute Gasteiger partial charge is 0.261 e. The summed E-state index contributed by atoms with van der Waals surface area (Å²) in [5.74, 6) is 3.55. The first-order chi connectivity index (χ1) is 25.9. The van der Waals surface area contributed by atoms with Gasteiger partial charge in [-0.25, -0.2) is 0 Å². The van der Waals surface area contributed by atoms with E-state index in [0.717, 1.165) is 45.5 Å². The van der Waals surface area contributed by atoms with Gasteiger partial charge in [-0.3, -0.25) is 0 Å². The molecule has 0 atom stereocenters. The molecule has 1 aliphatic carbocycles. The number of hydrogen-bond donors (Lipinski definition) is 0. The molecule has 0 amide bonds. The number of nitrogens with zero attached hydrogens (tertiary/aromatic N) is 1. The van der Waals surface area contributed by atoms with Gasteiger partial charge in [0.2, 0.25) is 0 Å². The molecule has 6 aromatic rings. The van der Waals surface area contributed by atoms with Crippen LogP contribution in [0.3, 0.4) is 0 Å². The highest BCUT2D eigenvalue weighted by molar-refractivity contribution is 6.98. The Kier molecular flexibility index (Phi) is 7.67. The van der Waals surface area contributed by atoms with Crippen LogP contribution in [0.1, 0.15) is 104 Å². The molecule has 6 aromatic carbocycles. The van der Waals surface area contributed by atoms with E-state index in [9.17, 15) is 0 Å². The van der Waals surface area contributed by atoms with Crippen molar-refractivity contribution in [2.75, 3.05) is 4.90 Å². The Bertz CT molecular complexity index is 2450. The van der Waals surface area contributed by atoms with Gasteiger partial charge in [0.05, 0.1) is 5.69 Å². The summed E-state index contributed by atoms with van der Waals surface area (Å²) in [4.78, 5) is 2.46. The van der Waals surface area contributed by atoms with Gasteiger partial charge in [-0.05, 0) is 103 Å². The molecular weight excluding hydrogens is 669 g/mol. The molecule has 9 rings (SSSR count). The van der Waals surface area contributed by atoms with Gasteiger partial charge in [0.15, 0.2) is 0 Å². The second kappa shape index (κ2) is 11.9. The third-order valence-corrected chi connectivity index (χ3v) is 12.3. The second-order valence-corrected chi connectivity index (χ2v) is 19.5. The standard InChI is InChI=1S/C51H52BNO2/c1-48(2,3)31-19-24-34(25-20-31)53(35-26-21-32(22-27-35)49(4,5)6)39-30-43-47(45-44(39)36-15-12-13-16-37(36)51(45,10)11)52-38-29-33(50(7,8)9)23-28-40(38)54-41-17-14-18-42(55-43)46(41)52/h12-30H,1-11H3. The van der Waals surface area contributed by atoms with Crippen LogP contribution >= 0.6 is 0 Å². The van der Waals surface area contributed by atoms with Crippen molar-refractivity contribution in [1.29, 1.82) is 0 Å². The van der Waals surface area contributed by atoms with Crippen molar-refractivity contribution in [2.45, 2.75) is 97.8 Å². The van der Waals surface area contributed by atoms with E-state index in [1.54, 1.807) is 0 Å². The Morgan fingerprint density at radius 3 is 1.60 bits per heavy atom. The second-order valence-electron chi connectivity index (χ2n) is 19.5. The fourth-order valence-electron chi connectivity index (χ4n) is 9.17. The molecule has 0 unspecified atom stereocenters. The van der Waals surface area contributed by atoms with E-state index in [0.29, 0.717) is 0 Å². The van der Waals surface area contributed by atoms with Crippen LogP contribution in [-0.2, 0) is 21.7 Å². The van der Waals surface area contributed by atoms with Gasteiger partial charge in [0, 0.05) is 33.9 Å². The van der Waals surface area contributed by atoms with Crippen molar-refractivity contribution in [3.05, 3.63) is 143 Å². The Balaban J connectivity index is 1.37. The largest absolute Gasteiger partial charge is 0.458 e. The number of rotatable bonds is 3. The number of anilines is 3. The fourth-order valence-corrected chi connectivity index (χ4v) is 9.17. The minimum atomic E-state index is -0.306. The van der Waals surface area contributed by atoms with Crippen LogP contribution in [0.15, 0.2) is 115 Å². The summed E-state index contributed by atoms with van der Waals surface area (Å²) in [6.45, 7) is 25.3. The minimum absolute atomic E-state index is 0.0181. The zero-order valence-corrected chi connectivity index (χ0v) is 34.3. The van der Waals surface area contributed by atoms with Crippen LogP contribution in [0.4, 0.5) is 17.1 Å². The monoisotopic (exact) mass is 721 g/mol. The lowest BCUT2D eigenvalue weighted by atomic mass is 9.33. The summed E-state index contributed by atoms with van der Waals surface area (Å²) in [5, 5.41) is 0. The van der Waals surface area contributed by atoms with Crippen molar-refractivity contribution >= 4 is 40.2 Å². The van der Waals surface area contributed by atoms with Gasteiger partial charge in [0.1, 0.15) is 23.0 Å². The number of benzene rings is 6. The first-order valence-electron chi connectivity index (χ1n) is 19.9. The SMILES string of the molecule is CC(C)(C)c1ccc(N(c2ccc(C(C)(C)C)cc2)c2cc3c(c4c2-c2ccccc2C4(C)C)B2c4cc(C(C)(C)C)ccc4Oc4cccc(c42)O3)cc1. The molecule has 276 valence electrons. The maximum atomic E-state index is 7.14. The average Bonchev–Trinajstić information content (AvgIpc) is 3.37. The van der Waals surface area contributed by atoms with Gasteiger partial charge < -0.3 is 14.4 Å². The molecule has 0 bridgehead atoms. The number of fused-ring (bicyclic) bond motifs is 8. The highest BCUT2D eigenvalue weighted by Gasteiger charge is 2.49. The van der Waals surface area contributed by atoms with Gasteiger partial charge in [-0.1, -0.05) is 143 Å². The van der Waals surface area contributed by atoms with E-state index in [1.165, 1.54) is 49.9 Å². The summed E-state index contributed by atoms with van der Waals surface area (Å²) < 4.78 is 13.8. The van der Waals surface area contributed by atoms with Crippen molar-refractivity contribution < 1.29 is 9.47 Å². The van der Waals surface area contributed by atoms with Gasteiger partial charge in [-0.15, -0.1) is 0 Å². The Labute approximate surface area is 328 Å². The number of hydrogen-bond acceptors (Lipinski definition) is 3. The minimum Gasteiger partial charge on any atom is -0.458 e. The molecule has 0 saturated carbocycles. The molecule has 0 radical (unpaired) electrons. The lowest BCUT2D eigenvalue weighted by Crippen LogP contribution is -2.59. The Morgan fingerprint density at radius 1 is 0.509 bits per heavy atom. The maximum absolute atomic E-state index is 7.14. The third kappa shape index (κ3) is 5.54. The average molecular weight is 722 g/mol. The summed E-state index contributed by atoms with van der Waals surface area (Å²) >= 11 is 0. The van der Waals surface area contributed by atoms with Gasteiger partial charge >= 0.3 is 0 Å². The van der Waals surface area contributed by atoms with Crippen molar-refractivity contribution in [2.24, 2.45) is 0 Å². The topological polar surface area (TPSA) is 21.7 Å². The zero-order chi connectivity index (χ0) is 38.8. The fraction of sp³-hybridized carbons (Fsp3) is 0.294. The molecule has 0 spiro atoms. The first-order valence-corrected chi connectivity index (χ1v) is 19.9. The highest BCUT2D eigenvalue weighted by Crippen LogP contribution is 2.56. The Hall–Kier alpha value is -5.22. The van der Waals surface area contributed by atoms with Crippen LogP contribution in [-0.4, -0.2) is 6.71 Å². The van der Waals surface area contributed by atoms with E-state index in [-0.39, 0.29) is 28.4 Å². The molecule has 2 aliphatic heterocycles. The molecule has 0 N–H and O–H groups in total. The van der Waals surface area contributed by atoms with Crippen molar-refractivity contribution in [3.8, 4) is 34.1 Å². The predicted molar refractivity (Wildman–Crippen MR) is 232 cm³/mol. The van der Waals surface area contributed by atoms with Gasteiger partial charge in [0.25, 0.3) is 6.71 Å². The molecule has 3 aliphatic rings. The molecular formula is C51H52BNO2. The molecule has 0 aromatic heterocycles. The normalized spacial score (nSPS) is 14.9. The lowest BCUT2D eigenvalue weighted by Gasteiger charge is -2.38. The molecule has 2 heterocycles. The quantitative estimate of drug-likeness (QED) is 0.170. The van der Waals surface area contributed by atoms with Crippen LogP contribution in [0.5, 0.6) is 23.0 Å². The summed E-state index contributed by atoms with van der Waals surface area (Å²) in [6, 6.07) is 42.8. The molecule has 0 fully saturated rings. The molecule has 55 heavy (non-hydrogen) atoms. The van der Waals surface area contributed by atoms with Gasteiger partial charge in [-0.2, -0.15) is 0 Å². The molecule has 4 heteroatoms. The number of ether oxygens (including phenoxy) is 2. The van der Waals surface area contributed by atoms with Crippen molar-refractivity contribution in [3.63, 3.8) is 0 Å². The van der Waals surface area contributed by atoms with E-state index < -0.39 is 0 Å². The first kappa shape index (κ1) is 35.5. The Morgan fingerprint density at radius 2 is 1.04 bits per heavy atom. The molecule has 3 nitrogen and oxygen atoms in total. The summed E-state index contributed by atoms with van der Waals surface area (Å²) in [7, 11) is 0. The summed E-state index contributed by atoms with van der Waals surface area (Å²) in [6.07, 6.45) is 0. The van der Waals surface area contributed by atoms with E-state index >= 15 is 0 Å². The third-order valence-electron chi connectivity index (χ3n) is 12.3. The van der Waals surface area contributed by atoms with Crippen LogP contribution in [0.2, 0.25) is 0 Å².